The Bertz CT molecular complexity index is 1620. The highest BCUT2D eigenvalue weighted by Crippen LogP contribution is 2.37. The van der Waals surface area contributed by atoms with Crippen LogP contribution in [-0.2, 0) is 6.18 Å². The van der Waals surface area contributed by atoms with Crippen molar-refractivity contribution in [2.75, 3.05) is 0 Å². The number of rotatable bonds is 3. The maximum absolute atomic E-state index is 14.9. The number of aromatic amines is 1. The van der Waals surface area contributed by atoms with E-state index in [9.17, 15) is 26.7 Å². The molecule has 0 aliphatic heterocycles. The van der Waals surface area contributed by atoms with Crippen LogP contribution in [0, 0.1) is 18.6 Å². The highest BCUT2D eigenvalue weighted by Gasteiger charge is 2.30. The van der Waals surface area contributed by atoms with Gasteiger partial charge in [-0.25, -0.2) is 18.3 Å². The number of hydrogen-bond acceptors (Lipinski definition) is 2. The summed E-state index contributed by atoms with van der Waals surface area (Å²) >= 11 is 0. The molecule has 2 heterocycles. The molecular weight excluding hydrogens is 465 g/mol. The van der Waals surface area contributed by atoms with E-state index in [0.717, 1.165) is 28.8 Å². The summed E-state index contributed by atoms with van der Waals surface area (Å²) < 4.78 is 68.8. The summed E-state index contributed by atoms with van der Waals surface area (Å²) in [6, 6.07) is 16.2. The number of aromatic nitrogens is 3. The minimum absolute atomic E-state index is 0.0122. The minimum atomic E-state index is -4.51. The molecule has 5 aromatic rings. The van der Waals surface area contributed by atoms with Crippen LogP contribution < -0.4 is 5.56 Å². The largest absolute Gasteiger partial charge is 0.416 e. The van der Waals surface area contributed by atoms with Gasteiger partial charge in [-0.15, -0.1) is 0 Å². The predicted octanol–water partition coefficient (Wildman–Crippen LogP) is 6.63. The fraction of sp³-hybridized carbons (Fsp3) is 0.0769. The Morgan fingerprint density at radius 1 is 0.886 bits per heavy atom. The highest BCUT2D eigenvalue weighted by molar-refractivity contribution is 5.91. The number of benzene rings is 3. The molecule has 5 rings (SSSR count). The zero-order valence-corrected chi connectivity index (χ0v) is 18.1. The molecule has 0 bridgehead atoms. The van der Waals surface area contributed by atoms with Crippen LogP contribution in [0.4, 0.5) is 22.0 Å². The van der Waals surface area contributed by atoms with Crippen LogP contribution in [0.2, 0.25) is 0 Å². The van der Waals surface area contributed by atoms with Crippen LogP contribution in [0.1, 0.15) is 11.1 Å². The summed E-state index contributed by atoms with van der Waals surface area (Å²) in [7, 11) is 0. The average molecular weight is 481 g/mol. The van der Waals surface area contributed by atoms with E-state index in [1.807, 2.05) is 0 Å². The first-order valence-corrected chi connectivity index (χ1v) is 10.5. The maximum Gasteiger partial charge on any atom is 0.416 e. The van der Waals surface area contributed by atoms with Gasteiger partial charge in [-0.1, -0.05) is 42.5 Å². The van der Waals surface area contributed by atoms with Gasteiger partial charge >= 0.3 is 6.18 Å². The third-order valence-corrected chi connectivity index (χ3v) is 5.75. The molecule has 2 aromatic heterocycles. The van der Waals surface area contributed by atoms with E-state index in [4.69, 9.17) is 0 Å². The highest BCUT2D eigenvalue weighted by atomic mass is 19.4. The first-order valence-electron chi connectivity index (χ1n) is 10.5. The molecule has 0 unspecified atom stereocenters. The molecule has 0 aliphatic rings. The van der Waals surface area contributed by atoms with E-state index in [-0.39, 0.29) is 28.0 Å². The maximum atomic E-state index is 14.9. The van der Waals surface area contributed by atoms with E-state index in [0.29, 0.717) is 16.8 Å². The first-order chi connectivity index (χ1) is 16.6. The molecule has 176 valence electrons. The Morgan fingerprint density at radius 3 is 2.20 bits per heavy atom. The van der Waals surface area contributed by atoms with E-state index in [2.05, 4.69) is 10.1 Å². The van der Waals surface area contributed by atoms with Crippen molar-refractivity contribution in [3.05, 3.63) is 106 Å². The summed E-state index contributed by atoms with van der Waals surface area (Å²) in [6.07, 6.45) is -4.51. The molecule has 0 saturated heterocycles. The number of alkyl halides is 3. The molecule has 9 heteroatoms. The summed E-state index contributed by atoms with van der Waals surface area (Å²) in [4.78, 5) is 17.8. The third-order valence-electron chi connectivity index (χ3n) is 5.75. The molecule has 0 spiro atoms. The minimum Gasteiger partial charge on any atom is -0.288 e. The lowest BCUT2D eigenvalue weighted by molar-refractivity contribution is -0.137. The standard InChI is InChI=1S/C26H16F5N3O/c1-14-22(16-7-9-17(10-8-16)26(29,30)31)32-24-21(19-12-11-18(27)13-20(19)28)23(33-34(24)25(14)35)15-5-3-2-4-6-15/h2-13,33H,1H3. The van der Waals surface area contributed by atoms with Crippen LogP contribution >= 0.6 is 0 Å². The van der Waals surface area contributed by atoms with Gasteiger partial charge in [-0.05, 0) is 31.2 Å². The summed E-state index contributed by atoms with van der Waals surface area (Å²) in [5.41, 5.74) is 0.601. The monoisotopic (exact) mass is 481 g/mol. The van der Waals surface area contributed by atoms with Gasteiger partial charge in [0.2, 0.25) is 0 Å². The van der Waals surface area contributed by atoms with Gasteiger partial charge in [0, 0.05) is 28.3 Å². The van der Waals surface area contributed by atoms with Crippen molar-refractivity contribution in [1.82, 2.24) is 14.6 Å². The molecule has 35 heavy (non-hydrogen) atoms. The fourth-order valence-electron chi connectivity index (χ4n) is 4.02. The van der Waals surface area contributed by atoms with Crippen molar-refractivity contribution < 1.29 is 22.0 Å². The number of halogens is 5. The number of fused-ring (bicyclic) bond motifs is 1. The number of nitrogens with one attached hydrogen (secondary N) is 1. The Hall–Kier alpha value is -4.27. The van der Waals surface area contributed by atoms with Crippen LogP contribution in [0.3, 0.4) is 0 Å². The molecule has 0 fully saturated rings. The lowest BCUT2D eigenvalue weighted by Crippen LogP contribution is -2.19. The zero-order chi connectivity index (χ0) is 24.9. The van der Waals surface area contributed by atoms with Crippen LogP contribution in [0.15, 0.2) is 77.6 Å². The van der Waals surface area contributed by atoms with Gasteiger partial charge in [0.05, 0.1) is 22.5 Å². The second kappa shape index (κ2) is 8.19. The molecule has 0 aliphatic carbocycles. The quantitative estimate of drug-likeness (QED) is 0.294. The number of H-pyrrole nitrogens is 1. The number of nitrogens with zero attached hydrogens (tertiary/aromatic N) is 2. The van der Waals surface area contributed by atoms with Gasteiger partial charge in [-0.2, -0.15) is 13.2 Å². The van der Waals surface area contributed by atoms with Gasteiger partial charge in [0.1, 0.15) is 11.6 Å². The smallest absolute Gasteiger partial charge is 0.288 e. The number of hydrogen-bond donors (Lipinski definition) is 1. The van der Waals surface area contributed by atoms with E-state index in [1.54, 1.807) is 30.3 Å². The summed E-state index contributed by atoms with van der Waals surface area (Å²) in [6.45, 7) is 1.51. The van der Waals surface area contributed by atoms with Gasteiger partial charge in [-0.3, -0.25) is 9.89 Å². The van der Waals surface area contributed by atoms with Crippen molar-refractivity contribution >= 4 is 5.65 Å². The van der Waals surface area contributed by atoms with Crippen LogP contribution in [0.25, 0.3) is 39.3 Å². The molecular formula is C26H16F5N3O. The van der Waals surface area contributed by atoms with Gasteiger partial charge in [0.25, 0.3) is 5.56 Å². The topological polar surface area (TPSA) is 50.2 Å². The molecule has 0 amide bonds. The predicted molar refractivity (Wildman–Crippen MR) is 122 cm³/mol. The molecule has 4 nitrogen and oxygen atoms in total. The Labute approximate surface area is 195 Å². The first kappa shape index (κ1) is 22.5. The van der Waals surface area contributed by atoms with Crippen molar-refractivity contribution in [2.45, 2.75) is 13.1 Å². The van der Waals surface area contributed by atoms with Crippen LogP contribution in [0.5, 0.6) is 0 Å². The van der Waals surface area contributed by atoms with E-state index in [1.165, 1.54) is 25.1 Å². The lowest BCUT2D eigenvalue weighted by atomic mass is 10.00. The van der Waals surface area contributed by atoms with Crippen molar-refractivity contribution in [2.24, 2.45) is 0 Å². The van der Waals surface area contributed by atoms with Gasteiger partial charge in [0.15, 0.2) is 5.65 Å². The second-order valence-corrected chi connectivity index (χ2v) is 7.98. The van der Waals surface area contributed by atoms with Crippen LogP contribution in [-0.4, -0.2) is 14.6 Å². The lowest BCUT2D eigenvalue weighted by Gasteiger charge is -2.10. The molecule has 0 atom stereocenters. The third kappa shape index (κ3) is 3.88. The van der Waals surface area contributed by atoms with Crippen molar-refractivity contribution in [3.63, 3.8) is 0 Å². The SMILES string of the molecule is Cc1c(-c2ccc(C(F)(F)F)cc2)nc2c(-c3ccc(F)cc3F)c(-c3ccccc3)[nH]n2c1=O. The van der Waals surface area contributed by atoms with E-state index < -0.39 is 28.9 Å². The fourth-order valence-corrected chi connectivity index (χ4v) is 4.02. The second-order valence-electron chi connectivity index (χ2n) is 7.98. The molecule has 3 aromatic carbocycles. The molecule has 0 radical (unpaired) electrons. The summed E-state index contributed by atoms with van der Waals surface area (Å²) in [5, 5.41) is 2.97. The summed E-state index contributed by atoms with van der Waals surface area (Å²) in [5.74, 6) is -1.62. The zero-order valence-electron chi connectivity index (χ0n) is 18.1. The Morgan fingerprint density at radius 2 is 1.57 bits per heavy atom. The van der Waals surface area contributed by atoms with Crippen molar-refractivity contribution in [3.8, 4) is 33.6 Å². The molecule has 1 N–H and O–H groups in total. The normalized spacial score (nSPS) is 11.8. The average Bonchev–Trinajstić information content (AvgIpc) is 3.21. The Kier molecular flexibility index (Phi) is 5.27. The van der Waals surface area contributed by atoms with E-state index >= 15 is 0 Å². The molecule has 0 saturated carbocycles. The van der Waals surface area contributed by atoms with Gasteiger partial charge < -0.3 is 0 Å². The van der Waals surface area contributed by atoms with Crippen molar-refractivity contribution in [1.29, 1.82) is 0 Å². The Balaban J connectivity index is 1.83.